The third-order valence-corrected chi connectivity index (χ3v) is 5.97. The second-order valence-electron chi connectivity index (χ2n) is 6.62. The first-order chi connectivity index (χ1) is 9.83. The molecule has 3 atom stereocenters. The number of nitrogens with two attached hydrogens (primary N) is 2. The summed E-state index contributed by atoms with van der Waals surface area (Å²) in [5.74, 6) is 2.47. The summed E-state index contributed by atoms with van der Waals surface area (Å²) in [4.78, 5) is 2.19. The van der Waals surface area contributed by atoms with Crippen molar-refractivity contribution in [1.82, 2.24) is 0 Å². The molecule has 0 saturated heterocycles. The van der Waals surface area contributed by atoms with E-state index < -0.39 is 10.0 Å². The van der Waals surface area contributed by atoms with Gasteiger partial charge in [-0.25, -0.2) is 13.6 Å². The standard InChI is InChI=1S/C15H23N3O2S/c1-18(9-12-5-10-2-3-11(12)4-10)14-6-13(16)7-15(8-14)21(17,19)20/h6-8,10-12H,2-5,9,16H2,1H3,(H2,17,19,20). The van der Waals surface area contributed by atoms with Gasteiger partial charge in [-0.3, -0.25) is 0 Å². The maximum absolute atomic E-state index is 11.5. The molecule has 5 nitrogen and oxygen atoms in total. The number of nitrogens with zero attached hydrogens (tertiary/aromatic N) is 1. The zero-order valence-electron chi connectivity index (χ0n) is 12.3. The molecule has 0 radical (unpaired) electrons. The maximum Gasteiger partial charge on any atom is 0.238 e. The zero-order chi connectivity index (χ0) is 15.2. The van der Waals surface area contributed by atoms with Gasteiger partial charge in [0.05, 0.1) is 4.90 Å². The fraction of sp³-hybridized carbons (Fsp3) is 0.600. The number of primary sulfonamides is 1. The second-order valence-corrected chi connectivity index (χ2v) is 8.18. The molecule has 0 aromatic heterocycles. The van der Waals surface area contributed by atoms with Crippen molar-refractivity contribution in [2.45, 2.75) is 30.6 Å². The Bertz CT molecular complexity index is 644. The van der Waals surface area contributed by atoms with E-state index in [-0.39, 0.29) is 4.90 Å². The maximum atomic E-state index is 11.5. The first-order valence-corrected chi connectivity index (χ1v) is 9.02. The Labute approximate surface area is 126 Å². The zero-order valence-corrected chi connectivity index (χ0v) is 13.1. The van der Waals surface area contributed by atoms with Crippen LogP contribution in [0.1, 0.15) is 25.7 Å². The van der Waals surface area contributed by atoms with Crippen LogP contribution in [0, 0.1) is 17.8 Å². The van der Waals surface area contributed by atoms with Crippen molar-refractivity contribution < 1.29 is 8.42 Å². The molecular formula is C15H23N3O2S. The number of rotatable bonds is 4. The Balaban J connectivity index is 1.78. The molecule has 0 amide bonds. The van der Waals surface area contributed by atoms with Gasteiger partial charge in [0.1, 0.15) is 0 Å². The summed E-state index contributed by atoms with van der Waals surface area (Å²) in [5, 5.41) is 5.21. The second kappa shape index (κ2) is 5.18. The number of hydrogen-bond donors (Lipinski definition) is 2. The summed E-state index contributed by atoms with van der Waals surface area (Å²) < 4.78 is 23.0. The van der Waals surface area contributed by atoms with Crippen LogP contribution in [0.4, 0.5) is 11.4 Å². The first-order valence-electron chi connectivity index (χ1n) is 7.47. The van der Waals surface area contributed by atoms with E-state index in [0.717, 1.165) is 24.1 Å². The lowest BCUT2D eigenvalue weighted by molar-refractivity contribution is 0.337. The molecule has 0 spiro atoms. The van der Waals surface area contributed by atoms with E-state index in [1.807, 2.05) is 13.1 Å². The van der Waals surface area contributed by atoms with Crippen LogP contribution in [0.3, 0.4) is 0 Å². The number of benzene rings is 1. The van der Waals surface area contributed by atoms with Crippen molar-refractivity contribution in [3.8, 4) is 0 Å². The highest BCUT2D eigenvalue weighted by atomic mass is 32.2. The number of anilines is 2. The molecule has 3 unspecified atom stereocenters. The highest BCUT2D eigenvalue weighted by Crippen LogP contribution is 2.48. The summed E-state index contributed by atoms with van der Waals surface area (Å²) in [6.45, 7) is 0.953. The molecule has 1 aromatic carbocycles. The van der Waals surface area contributed by atoms with E-state index in [9.17, 15) is 8.42 Å². The van der Waals surface area contributed by atoms with E-state index in [1.54, 1.807) is 6.07 Å². The Hall–Kier alpha value is -1.27. The molecule has 0 heterocycles. The molecule has 2 aliphatic rings. The van der Waals surface area contributed by atoms with E-state index in [1.165, 1.54) is 31.7 Å². The smallest absolute Gasteiger partial charge is 0.238 e. The van der Waals surface area contributed by atoms with Crippen molar-refractivity contribution in [3.63, 3.8) is 0 Å². The topological polar surface area (TPSA) is 89.4 Å². The van der Waals surface area contributed by atoms with E-state index in [4.69, 9.17) is 10.9 Å². The van der Waals surface area contributed by atoms with Crippen LogP contribution < -0.4 is 15.8 Å². The van der Waals surface area contributed by atoms with Crippen molar-refractivity contribution in [3.05, 3.63) is 18.2 Å². The minimum Gasteiger partial charge on any atom is -0.399 e. The SMILES string of the molecule is CN(CC1CC2CCC1C2)c1cc(N)cc(S(N)(=O)=O)c1. The van der Waals surface area contributed by atoms with Crippen LogP contribution in [0.25, 0.3) is 0 Å². The molecule has 2 bridgehead atoms. The Morgan fingerprint density at radius 1 is 1.24 bits per heavy atom. The van der Waals surface area contributed by atoms with Crippen molar-refractivity contribution >= 4 is 21.4 Å². The van der Waals surface area contributed by atoms with Gasteiger partial charge < -0.3 is 10.6 Å². The molecule has 2 saturated carbocycles. The van der Waals surface area contributed by atoms with Crippen molar-refractivity contribution in [1.29, 1.82) is 0 Å². The summed E-state index contributed by atoms with van der Waals surface area (Å²) in [5.41, 5.74) is 7.06. The lowest BCUT2D eigenvalue weighted by Gasteiger charge is -2.29. The van der Waals surface area contributed by atoms with Gasteiger partial charge in [-0.05, 0) is 55.2 Å². The minimum atomic E-state index is -3.72. The van der Waals surface area contributed by atoms with Gasteiger partial charge in [0, 0.05) is 25.0 Å². The van der Waals surface area contributed by atoms with Gasteiger partial charge in [-0.1, -0.05) is 6.42 Å². The third-order valence-electron chi connectivity index (χ3n) is 5.08. The number of nitrogen functional groups attached to an aromatic ring is 1. The molecule has 2 aliphatic carbocycles. The molecule has 1 aromatic rings. The van der Waals surface area contributed by atoms with Gasteiger partial charge in [-0.15, -0.1) is 0 Å². The third kappa shape index (κ3) is 3.01. The molecular weight excluding hydrogens is 286 g/mol. The summed E-state index contributed by atoms with van der Waals surface area (Å²) in [6, 6.07) is 4.82. The molecule has 6 heteroatoms. The fourth-order valence-electron chi connectivity index (χ4n) is 4.05. The minimum absolute atomic E-state index is 0.0808. The Morgan fingerprint density at radius 3 is 2.57 bits per heavy atom. The quantitative estimate of drug-likeness (QED) is 0.830. The van der Waals surface area contributed by atoms with Crippen molar-refractivity contribution in [2.24, 2.45) is 22.9 Å². The van der Waals surface area contributed by atoms with Crippen LogP contribution in [-0.2, 0) is 10.0 Å². The monoisotopic (exact) mass is 309 g/mol. The average molecular weight is 309 g/mol. The van der Waals surface area contributed by atoms with Gasteiger partial charge in [0.2, 0.25) is 10.0 Å². The molecule has 116 valence electrons. The van der Waals surface area contributed by atoms with Gasteiger partial charge in [0.15, 0.2) is 0 Å². The molecule has 21 heavy (non-hydrogen) atoms. The van der Waals surface area contributed by atoms with Gasteiger partial charge in [-0.2, -0.15) is 0 Å². The van der Waals surface area contributed by atoms with E-state index in [2.05, 4.69) is 4.90 Å². The predicted octanol–water partition coefficient (Wildman–Crippen LogP) is 1.79. The normalized spacial score (nSPS) is 28.0. The van der Waals surface area contributed by atoms with Gasteiger partial charge >= 0.3 is 0 Å². The molecule has 2 fully saturated rings. The summed E-state index contributed by atoms with van der Waals surface area (Å²) >= 11 is 0. The fourth-order valence-corrected chi connectivity index (χ4v) is 4.63. The lowest BCUT2D eigenvalue weighted by Crippen LogP contribution is -2.28. The number of hydrogen-bond acceptors (Lipinski definition) is 4. The van der Waals surface area contributed by atoms with Crippen LogP contribution in [0.2, 0.25) is 0 Å². The molecule has 3 rings (SSSR count). The highest BCUT2D eigenvalue weighted by molar-refractivity contribution is 7.89. The van der Waals surface area contributed by atoms with Crippen molar-refractivity contribution in [2.75, 3.05) is 24.2 Å². The van der Waals surface area contributed by atoms with Crippen LogP contribution >= 0.6 is 0 Å². The number of fused-ring (bicyclic) bond motifs is 2. The summed E-state index contributed by atoms with van der Waals surface area (Å²) in [6.07, 6.45) is 5.42. The average Bonchev–Trinajstić information content (AvgIpc) is 2.99. The molecule has 4 N–H and O–H groups in total. The van der Waals surface area contributed by atoms with Gasteiger partial charge in [0.25, 0.3) is 0 Å². The Kier molecular flexibility index (Phi) is 3.61. The summed E-state index contributed by atoms with van der Waals surface area (Å²) in [7, 11) is -1.73. The van der Waals surface area contributed by atoms with Crippen LogP contribution in [0.5, 0.6) is 0 Å². The first kappa shape index (κ1) is 14.7. The van der Waals surface area contributed by atoms with Crippen LogP contribution in [0.15, 0.2) is 23.1 Å². The number of sulfonamides is 1. The predicted molar refractivity (Wildman–Crippen MR) is 84.4 cm³/mol. The largest absolute Gasteiger partial charge is 0.399 e. The highest BCUT2D eigenvalue weighted by Gasteiger charge is 2.39. The Morgan fingerprint density at radius 2 is 2.00 bits per heavy atom. The lowest BCUT2D eigenvalue weighted by atomic mass is 9.88. The van der Waals surface area contributed by atoms with E-state index in [0.29, 0.717) is 11.6 Å². The van der Waals surface area contributed by atoms with E-state index >= 15 is 0 Å². The molecule has 0 aliphatic heterocycles. The van der Waals surface area contributed by atoms with Crippen LogP contribution in [-0.4, -0.2) is 22.0 Å².